The number of benzene rings is 1. The highest BCUT2D eigenvalue weighted by Crippen LogP contribution is 2.14. The first-order valence-electron chi connectivity index (χ1n) is 6.50. The third-order valence-electron chi connectivity index (χ3n) is 2.37. The number of aliphatic hydroxyl groups excluding tert-OH is 1. The molecule has 0 amide bonds. The van der Waals surface area contributed by atoms with Crippen LogP contribution < -0.4 is 10.0 Å². The van der Waals surface area contributed by atoms with Gasteiger partial charge in [-0.3, -0.25) is 0 Å². The number of aliphatic hydroxyl groups is 1. The van der Waals surface area contributed by atoms with Crippen LogP contribution in [0.3, 0.4) is 0 Å². The van der Waals surface area contributed by atoms with Gasteiger partial charge >= 0.3 is 0 Å². The first-order valence-corrected chi connectivity index (χ1v) is 7.99. The highest BCUT2D eigenvalue weighted by atomic mass is 32.2. The summed E-state index contributed by atoms with van der Waals surface area (Å²) < 4.78 is 31.5. The molecule has 1 aromatic carbocycles. The van der Waals surface area contributed by atoms with Gasteiger partial charge in [0.2, 0.25) is 10.0 Å². The lowest BCUT2D eigenvalue weighted by atomic mass is 10.3. The van der Waals surface area contributed by atoms with Gasteiger partial charge < -0.3 is 15.2 Å². The predicted octanol–water partition coefficient (Wildman–Crippen LogP) is 0.794. The summed E-state index contributed by atoms with van der Waals surface area (Å²) in [5.74, 6) is 0. The Morgan fingerprint density at radius 2 is 1.85 bits per heavy atom. The van der Waals surface area contributed by atoms with Gasteiger partial charge in [-0.1, -0.05) is 0 Å². The van der Waals surface area contributed by atoms with Crippen molar-refractivity contribution in [1.82, 2.24) is 4.72 Å². The van der Waals surface area contributed by atoms with E-state index >= 15 is 0 Å². The molecule has 0 aromatic heterocycles. The summed E-state index contributed by atoms with van der Waals surface area (Å²) in [6.45, 7) is 4.96. The summed E-state index contributed by atoms with van der Waals surface area (Å²) in [5.41, 5.74) is 0.820. The maximum atomic E-state index is 11.9. The number of hydrogen-bond donors (Lipinski definition) is 3. The molecule has 1 aromatic rings. The van der Waals surface area contributed by atoms with E-state index in [1.807, 2.05) is 0 Å². The first kappa shape index (κ1) is 16.9. The molecule has 20 heavy (non-hydrogen) atoms. The zero-order valence-corrected chi connectivity index (χ0v) is 12.6. The summed E-state index contributed by atoms with van der Waals surface area (Å²) in [6, 6.07) is 6.40. The quantitative estimate of drug-likeness (QED) is 0.587. The Morgan fingerprint density at radius 1 is 1.20 bits per heavy atom. The van der Waals surface area contributed by atoms with Gasteiger partial charge in [-0.05, 0) is 38.1 Å². The van der Waals surface area contributed by atoms with Crippen molar-refractivity contribution >= 4 is 15.7 Å². The van der Waals surface area contributed by atoms with Crippen LogP contribution >= 0.6 is 0 Å². The molecule has 7 heteroatoms. The van der Waals surface area contributed by atoms with Gasteiger partial charge in [0.05, 0.1) is 24.7 Å². The summed E-state index contributed by atoms with van der Waals surface area (Å²) in [7, 11) is -3.44. The Balaban J connectivity index is 2.52. The Hall–Kier alpha value is -1.15. The number of ether oxygens (including phenoxy) is 1. The van der Waals surface area contributed by atoms with Crippen molar-refractivity contribution in [2.24, 2.45) is 0 Å². The molecular formula is C13H22N2O4S. The van der Waals surface area contributed by atoms with Crippen molar-refractivity contribution in [2.75, 3.05) is 31.7 Å². The number of nitrogens with one attached hydrogen (secondary N) is 2. The number of anilines is 1. The van der Waals surface area contributed by atoms with Crippen molar-refractivity contribution in [3.63, 3.8) is 0 Å². The minimum atomic E-state index is -3.44. The second-order valence-corrected chi connectivity index (χ2v) is 6.28. The van der Waals surface area contributed by atoms with E-state index in [1.165, 1.54) is 0 Å². The minimum Gasteiger partial charge on any atom is -0.394 e. The zero-order chi connectivity index (χ0) is 15.0. The van der Waals surface area contributed by atoms with Crippen LogP contribution in [-0.4, -0.2) is 45.9 Å². The highest BCUT2D eigenvalue weighted by molar-refractivity contribution is 7.89. The molecule has 1 rings (SSSR count). The molecule has 0 spiro atoms. The topological polar surface area (TPSA) is 87.7 Å². The molecule has 6 nitrogen and oxygen atoms in total. The van der Waals surface area contributed by atoms with E-state index < -0.39 is 10.0 Å². The lowest BCUT2D eigenvalue weighted by Crippen LogP contribution is -2.30. The summed E-state index contributed by atoms with van der Waals surface area (Å²) >= 11 is 0. The van der Waals surface area contributed by atoms with Crippen molar-refractivity contribution in [3.05, 3.63) is 24.3 Å². The van der Waals surface area contributed by atoms with Crippen LogP contribution in [0.5, 0.6) is 0 Å². The lowest BCUT2D eigenvalue weighted by molar-refractivity contribution is 0.0992. The fourth-order valence-corrected chi connectivity index (χ4v) is 2.82. The van der Waals surface area contributed by atoms with E-state index in [0.29, 0.717) is 19.8 Å². The summed E-state index contributed by atoms with van der Waals surface area (Å²) in [4.78, 5) is 0.244. The molecule has 0 fully saturated rings. The van der Waals surface area contributed by atoms with Gasteiger partial charge in [-0.2, -0.15) is 0 Å². The Bertz CT molecular complexity index is 486. The highest BCUT2D eigenvalue weighted by Gasteiger charge is 2.14. The third-order valence-corrected chi connectivity index (χ3v) is 4.04. The Kier molecular flexibility index (Phi) is 6.94. The smallest absolute Gasteiger partial charge is 0.240 e. The average Bonchev–Trinajstić information content (AvgIpc) is 2.37. The van der Waals surface area contributed by atoms with Crippen LogP contribution in [0.25, 0.3) is 0 Å². The predicted molar refractivity (Wildman–Crippen MR) is 78.3 cm³/mol. The molecule has 0 saturated heterocycles. The zero-order valence-electron chi connectivity index (χ0n) is 11.8. The lowest BCUT2D eigenvalue weighted by Gasteiger charge is -2.11. The van der Waals surface area contributed by atoms with Gasteiger partial charge in [0.1, 0.15) is 0 Å². The van der Waals surface area contributed by atoms with Crippen LogP contribution in [0.15, 0.2) is 29.2 Å². The van der Waals surface area contributed by atoms with Crippen LogP contribution in [0, 0.1) is 0 Å². The molecule has 0 aliphatic heterocycles. The van der Waals surface area contributed by atoms with E-state index in [2.05, 4.69) is 10.0 Å². The molecule has 0 aliphatic carbocycles. The van der Waals surface area contributed by atoms with Gasteiger partial charge in [0, 0.05) is 18.3 Å². The first-order chi connectivity index (χ1) is 9.45. The largest absolute Gasteiger partial charge is 0.394 e. The van der Waals surface area contributed by atoms with E-state index in [9.17, 15) is 8.42 Å². The summed E-state index contributed by atoms with van der Waals surface area (Å²) in [6.07, 6.45) is 0. The number of sulfonamides is 1. The molecular weight excluding hydrogens is 280 g/mol. The van der Waals surface area contributed by atoms with Crippen molar-refractivity contribution in [1.29, 1.82) is 0 Å². The maximum Gasteiger partial charge on any atom is 0.240 e. The maximum absolute atomic E-state index is 11.9. The number of rotatable bonds is 9. The Morgan fingerprint density at radius 3 is 2.40 bits per heavy atom. The van der Waals surface area contributed by atoms with Crippen molar-refractivity contribution in [3.8, 4) is 0 Å². The van der Waals surface area contributed by atoms with Crippen LogP contribution in [0.2, 0.25) is 0 Å². The van der Waals surface area contributed by atoms with Crippen molar-refractivity contribution < 1.29 is 18.3 Å². The molecule has 0 radical (unpaired) electrons. The standard InChI is InChI=1S/C13H22N2O4S/c1-11(2)15-20(17,18)13-5-3-12(4-6-13)14-7-9-19-10-8-16/h3-6,11,14-16H,7-10H2,1-2H3. The van der Waals surface area contributed by atoms with E-state index in [4.69, 9.17) is 9.84 Å². The molecule has 0 unspecified atom stereocenters. The van der Waals surface area contributed by atoms with Gasteiger partial charge in [-0.15, -0.1) is 0 Å². The fourth-order valence-electron chi connectivity index (χ4n) is 1.56. The second-order valence-electron chi connectivity index (χ2n) is 4.56. The summed E-state index contributed by atoms with van der Waals surface area (Å²) in [5, 5.41) is 11.6. The normalized spacial score (nSPS) is 11.8. The Labute approximate surface area is 120 Å². The fraction of sp³-hybridized carbons (Fsp3) is 0.538. The number of hydrogen-bond acceptors (Lipinski definition) is 5. The minimum absolute atomic E-state index is 0.00933. The average molecular weight is 302 g/mol. The van der Waals surface area contributed by atoms with Gasteiger partial charge in [0.15, 0.2) is 0 Å². The molecule has 0 heterocycles. The van der Waals surface area contributed by atoms with E-state index in [1.54, 1.807) is 38.1 Å². The molecule has 0 bridgehead atoms. The monoisotopic (exact) mass is 302 g/mol. The second kappa shape index (κ2) is 8.21. The van der Waals surface area contributed by atoms with E-state index in [0.717, 1.165) is 5.69 Å². The van der Waals surface area contributed by atoms with Gasteiger partial charge in [0.25, 0.3) is 0 Å². The van der Waals surface area contributed by atoms with E-state index in [-0.39, 0.29) is 17.5 Å². The van der Waals surface area contributed by atoms with Crippen molar-refractivity contribution in [2.45, 2.75) is 24.8 Å². The molecule has 114 valence electrons. The van der Waals surface area contributed by atoms with Crippen LogP contribution in [0.1, 0.15) is 13.8 Å². The molecule has 0 saturated carbocycles. The third kappa shape index (κ3) is 5.87. The van der Waals surface area contributed by atoms with Crippen LogP contribution in [0.4, 0.5) is 5.69 Å². The molecule has 0 atom stereocenters. The molecule has 3 N–H and O–H groups in total. The van der Waals surface area contributed by atoms with Gasteiger partial charge in [-0.25, -0.2) is 13.1 Å². The SMILES string of the molecule is CC(C)NS(=O)(=O)c1ccc(NCCOCCO)cc1. The van der Waals surface area contributed by atoms with Crippen LogP contribution in [-0.2, 0) is 14.8 Å². The molecule has 0 aliphatic rings.